The summed E-state index contributed by atoms with van der Waals surface area (Å²) in [7, 11) is 2.29. The summed E-state index contributed by atoms with van der Waals surface area (Å²) in [6, 6.07) is 1.18. The third-order valence-corrected chi connectivity index (χ3v) is 4.05. The van der Waals surface area contributed by atoms with Crippen LogP contribution in [0.2, 0.25) is 0 Å². The number of rotatable bonds is 7. The zero-order chi connectivity index (χ0) is 12.7. The molecule has 1 atom stereocenters. The molecule has 102 valence electrons. The van der Waals surface area contributed by atoms with Crippen molar-refractivity contribution in [3.63, 3.8) is 0 Å². The maximum Gasteiger partial charge on any atom is 0.0117 e. The van der Waals surface area contributed by atoms with Gasteiger partial charge in [-0.25, -0.2) is 0 Å². The summed E-state index contributed by atoms with van der Waals surface area (Å²) in [5.74, 6) is 0. The highest BCUT2D eigenvalue weighted by atomic mass is 15.2. The van der Waals surface area contributed by atoms with Gasteiger partial charge in [-0.3, -0.25) is 0 Å². The summed E-state index contributed by atoms with van der Waals surface area (Å²) in [4.78, 5) is 5.12. The van der Waals surface area contributed by atoms with Crippen LogP contribution >= 0.6 is 0 Å². The van der Waals surface area contributed by atoms with Crippen LogP contribution in [0.4, 0.5) is 0 Å². The highest BCUT2D eigenvalue weighted by molar-refractivity contribution is 4.77. The van der Waals surface area contributed by atoms with E-state index in [0.29, 0.717) is 6.04 Å². The van der Waals surface area contributed by atoms with Crippen molar-refractivity contribution in [2.45, 2.75) is 58.0 Å². The summed E-state index contributed by atoms with van der Waals surface area (Å²) in [6.45, 7) is 9.38. The fraction of sp³-hybridized carbons (Fsp3) is 1.00. The van der Waals surface area contributed by atoms with Crippen LogP contribution in [0, 0.1) is 0 Å². The average Bonchev–Trinajstić information content (AvgIpc) is 2.34. The van der Waals surface area contributed by atoms with Gasteiger partial charge in [-0.2, -0.15) is 0 Å². The molecule has 0 spiro atoms. The van der Waals surface area contributed by atoms with Crippen LogP contribution in [0.5, 0.6) is 0 Å². The summed E-state index contributed by atoms with van der Waals surface area (Å²) >= 11 is 0. The van der Waals surface area contributed by atoms with Crippen LogP contribution in [0.1, 0.15) is 46.0 Å². The predicted molar refractivity (Wildman–Crippen MR) is 75.3 cm³/mol. The standard InChI is InChI=1S/C14H31N3/c1-4-17-11-8-14(9-12-17)16(3)10-6-5-7-13(2)15/h13-14H,4-12,15H2,1-3H3. The Morgan fingerprint density at radius 2 is 1.94 bits per heavy atom. The monoisotopic (exact) mass is 241 g/mol. The fourth-order valence-electron chi connectivity index (χ4n) is 2.69. The van der Waals surface area contributed by atoms with Crippen LogP contribution in [0.25, 0.3) is 0 Å². The lowest BCUT2D eigenvalue weighted by Gasteiger charge is -2.36. The van der Waals surface area contributed by atoms with E-state index < -0.39 is 0 Å². The Kier molecular flexibility index (Phi) is 7.09. The average molecular weight is 241 g/mol. The summed E-state index contributed by atoms with van der Waals surface area (Å²) < 4.78 is 0. The molecule has 0 aromatic heterocycles. The highest BCUT2D eigenvalue weighted by Crippen LogP contribution is 2.15. The zero-order valence-electron chi connectivity index (χ0n) is 12.0. The molecule has 0 aliphatic carbocycles. The van der Waals surface area contributed by atoms with Crippen molar-refractivity contribution >= 4 is 0 Å². The molecule has 1 fully saturated rings. The van der Waals surface area contributed by atoms with Gasteiger partial charge in [-0.05, 0) is 65.8 Å². The Morgan fingerprint density at radius 3 is 2.47 bits per heavy atom. The maximum absolute atomic E-state index is 5.76. The molecule has 0 amide bonds. The Labute approximate surface area is 107 Å². The number of nitrogens with two attached hydrogens (primary N) is 1. The fourth-order valence-corrected chi connectivity index (χ4v) is 2.69. The molecule has 0 saturated carbocycles. The molecule has 0 aromatic carbocycles. The van der Waals surface area contributed by atoms with Gasteiger partial charge in [0.15, 0.2) is 0 Å². The molecule has 3 nitrogen and oxygen atoms in total. The number of hydrogen-bond donors (Lipinski definition) is 1. The molecule has 17 heavy (non-hydrogen) atoms. The number of likely N-dealkylation sites (tertiary alicyclic amines) is 1. The molecule has 1 aliphatic heterocycles. The van der Waals surface area contributed by atoms with Crippen LogP contribution in [0.15, 0.2) is 0 Å². The van der Waals surface area contributed by atoms with E-state index in [-0.39, 0.29) is 0 Å². The molecule has 0 radical (unpaired) electrons. The number of hydrogen-bond acceptors (Lipinski definition) is 3. The summed E-state index contributed by atoms with van der Waals surface area (Å²) in [5.41, 5.74) is 5.76. The second-order valence-corrected chi connectivity index (χ2v) is 5.62. The van der Waals surface area contributed by atoms with Gasteiger partial charge in [0.1, 0.15) is 0 Å². The SMILES string of the molecule is CCN1CCC(N(C)CCCCC(C)N)CC1. The maximum atomic E-state index is 5.76. The number of unbranched alkanes of at least 4 members (excludes halogenated alkanes) is 1. The Balaban J connectivity index is 2.09. The first-order valence-corrected chi connectivity index (χ1v) is 7.31. The van der Waals surface area contributed by atoms with Crippen molar-refractivity contribution < 1.29 is 0 Å². The van der Waals surface area contributed by atoms with Crippen LogP contribution in [0.3, 0.4) is 0 Å². The molecule has 3 heteroatoms. The van der Waals surface area contributed by atoms with Gasteiger partial charge >= 0.3 is 0 Å². The first kappa shape index (κ1) is 14.9. The zero-order valence-corrected chi connectivity index (χ0v) is 12.0. The van der Waals surface area contributed by atoms with Gasteiger partial charge in [0.25, 0.3) is 0 Å². The summed E-state index contributed by atoms with van der Waals surface area (Å²) in [5, 5.41) is 0. The van der Waals surface area contributed by atoms with E-state index in [1.807, 2.05) is 0 Å². The molecule has 1 unspecified atom stereocenters. The molecule has 1 aliphatic rings. The topological polar surface area (TPSA) is 32.5 Å². The minimum Gasteiger partial charge on any atom is -0.328 e. The molecular weight excluding hydrogens is 210 g/mol. The lowest BCUT2D eigenvalue weighted by atomic mass is 10.0. The van der Waals surface area contributed by atoms with E-state index in [0.717, 1.165) is 6.04 Å². The van der Waals surface area contributed by atoms with E-state index >= 15 is 0 Å². The van der Waals surface area contributed by atoms with Crippen LogP contribution < -0.4 is 5.73 Å². The van der Waals surface area contributed by atoms with Gasteiger partial charge in [-0.15, -0.1) is 0 Å². The van der Waals surface area contributed by atoms with E-state index in [4.69, 9.17) is 5.73 Å². The number of nitrogens with zero attached hydrogens (tertiary/aromatic N) is 2. The minimum atomic E-state index is 0.369. The molecule has 0 bridgehead atoms. The highest BCUT2D eigenvalue weighted by Gasteiger charge is 2.20. The van der Waals surface area contributed by atoms with Gasteiger partial charge in [-0.1, -0.05) is 13.3 Å². The van der Waals surface area contributed by atoms with Crippen molar-refractivity contribution in [2.24, 2.45) is 5.73 Å². The van der Waals surface area contributed by atoms with Gasteiger partial charge < -0.3 is 15.5 Å². The molecule has 1 rings (SSSR count). The van der Waals surface area contributed by atoms with Crippen LogP contribution in [-0.2, 0) is 0 Å². The van der Waals surface area contributed by atoms with Gasteiger partial charge in [0, 0.05) is 12.1 Å². The smallest absolute Gasteiger partial charge is 0.0117 e. The normalized spacial score (nSPS) is 21.0. The van der Waals surface area contributed by atoms with E-state index in [2.05, 4.69) is 30.7 Å². The lowest BCUT2D eigenvalue weighted by molar-refractivity contribution is 0.130. The molecule has 1 heterocycles. The largest absolute Gasteiger partial charge is 0.328 e. The lowest BCUT2D eigenvalue weighted by Crippen LogP contribution is -2.43. The van der Waals surface area contributed by atoms with E-state index in [1.54, 1.807) is 0 Å². The van der Waals surface area contributed by atoms with Crippen molar-refractivity contribution in [2.75, 3.05) is 33.2 Å². The molecule has 0 aromatic rings. The Morgan fingerprint density at radius 1 is 1.29 bits per heavy atom. The van der Waals surface area contributed by atoms with Crippen molar-refractivity contribution in [3.05, 3.63) is 0 Å². The molecular formula is C14H31N3. The first-order valence-electron chi connectivity index (χ1n) is 7.31. The van der Waals surface area contributed by atoms with Crippen molar-refractivity contribution in [1.82, 2.24) is 9.80 Å². The Hall–Kier alpha value is -0.120. The quantitative estimate of drug-likeness (QED) is 0.691. The first-order chi connectivity index (χ1) is 8.13. The Bertz CT molecular complexity index is 186. The predicted octanol–water partition coefficient (Wildman–Crippen LogP) is 1.92. The van der Waals surface area contributed by atoms with E-state index in [1.165, 1.54) is 58.3 Å². The third-order valence-electron chi connectivity index (χ3n) is 4.05. The number of piperidine rings is 1. The second-order valence-electron chi connectivity index (χ2n) is 5.62. The van der Waals surface area contributed by atoms with E-state index in [9.17, 15) is 0 Å². The van der Waals surface area contributed by atoms with Crippen molar-refractivity contribution in [1.29, 1.82) is 0 Å². The van der Waals surface area contributed by atoms with Gasteiger partial charge in [0.05, 0.1) is 0 Å². The minimum absolute atomic E-state index is 0.369. The van der Waals surface area contributed by atoms with Gasteiger partial charge in [0.2, 0.25) is 0 Å². The van der Waals surface area contributed by atoms with Crippen LogP contribution in [-0.4, -0.2) is 55.1 Å². The molecule has 2 N–H and O–H groups in total. The molecule has 1 saturated heterocycles. The van der Waals surface area contributed by atoms with Crippen molar-refractivity contribution in [3.8, 4) is 0 Å². The third kappa shape index (κ3) is 5.84. The second kappa shape index (κ2) is 8.06. The summed E-state index contributed by atoms with van der Waals surface area (Å²) in [6.07, 6.45) is 6.43.